The molecule has 114 valence electrons. The molecule has 1 rings (SSSR count). The Balaban J connectivity index is 2.42. The molecule has 0 bridgehead atoms. The molecule has 0 aliphatic carbocycles. The number of rotatable bonds is 7. The van der Waals surface area contributed by atoms with Gasteiger partial charge in [0.15, 0.2) is 0 Å². The van der Waals surface area contributed by atoms with Crippen molar-refractivity contribution in [3.05, 3.63) is 48.6 Å². The van der Waals surface area contributed by atoms with Gasteiger partial charge in [-0.25, -0.2) is 4.79 Å². The lowest BCUT2D eigenvalue weighted by atomic mass is 9.94. The van der Waals surface area contributed by atoms with Gasteiger partial charge in [-0.05, 0) is 11.5 Å². The van der Waals surface area contributed by atoms with E-state index in [0.29, 0.717) is 0 Å². The van der Waals surface area contributed by atoms with Gasteiger partial charge in [0.05, 0.1) is 13.0 Å². The van der Waals surface area contributed by atoms with Crippen LogP contribution in [-0.2, 0) is 20.9 Å². The number of carbonyl (C=O) groups is 2. The van der Waals surface area contributed by atoms with Gasteiger partial charge < -0.3 is 14.8 Å². The van der Waals surface area contributed by atoms with Crippen LogP contribution < -0.4 is 5.32 Å². The average Bonchev–Trinajstić information content (AvgIpc) is 2.53. The minimum absolute atomic E-state index is 0.105. The highest BCUT2D eigenvalue weighted by atomic mass is 16.5. The Morgan fingerprint density at radius 3 is 2.57 bits per heavy atom. The maximum Gasteiger partial charge on any atom is 0.407 e. The second-order valence-electron chi connectivity index (χ2n) is 4.67. The lowest BCUT2D eigenvalue weighted by molar-refractivity contribution is -0.146. The van der Waals surface area contributed by atoms with Crippen LogP contribution in [0.25, 0.3) is 0 Å². The van der Waals surface area contributed by atoms with Crippen LogP contribution >= 0.6 is 0 Å². The summed E-state index contributed by atoms with van der Waals surface area (Å²) in [5.41, 5.74) is 0.900. The molecule has 0 saturated carbocycles. The maximum atomic E-state index is 11.6. The predicted octanol–water partition coefficient (Wildman–Crippen LogP) is 2.52. The molecule has 0 fully saturated rings. The summed E-state index contributed by atoms with van der Waals surface area (Å²) in [5.74, 6) is -0.964. The monoisotopic (exact) mass is 291 g/mol. The fourth-order valence-corrected chi connectivity index (χ4v) is 1.77. The van der Waals surface area contributed by atoms with E-state index in [0.717, 1.165) is 5.56 Å². The smallest absolute Gasteiger partial charge is 0.407 e. The SMILES string of the molecule is C=CC(C)C(CNC(=O)OCc1ccccc1)C(=O)OC. The summed E-state index contributed by atoms with van der Waals surface area (Å²) in [5, 5.41) is 2.57. The molecule has 0 saturated heterocycles. The lowest BCUT2D eigenvalue weighted by Crippen LogP contribution is -2.36. The van der Waals surface area contributed by atoms with Gasteiger partial charge in [0.1, 0.15) is 6.61 Å². The molecule has 1 N–H and O–H groups in total. The third kappa shape index (κ3) is 5.69. The van der Waals surface area contributed by atoms with Crippen LogP contribution in [0.1, 0.15) is 12.5 Å². The Morgan fingerprint density at radius 1 is 1.33 bits per heavy atom. The molecule has 21 heavy (non-hydrogen) atoms. The van der Waals surface area contributed by atoms with Crippen molar-refractivity contribution in [2.24, 2.45) is 11.8 Å². The summed E-state index contributed by atoms with van der Waals surface area (Å²) < 4.78 is 9.80. The molecule has 0 heterocycles. The van der Waals surface area contributed by atoms with Crippen LogP contribution in [0.4, 0.5) is 4.79 Å². The van der Waals surface area contributed by atoms with Gasteiger partial charge in [-0.3, -0.25) is 4.79 Å². The molecule has 1 aromatic rings. The summed E-state index contributed by atoms with van der Waals surface area (Å²) >= 11 is 0. The van der Waals surface area contributed by atoms with Gasteiger partial charge in [-0.15, -0.1) is 6.58 Å². The molecule has 1 aromatic carbocycles. The second-order valence-corrected chi connectivity index (χ2v) is 4.67. The first-order valence-corrected chi connectivity index (χ1v) is 6.73. The van der Waals surface area contributed by atoms with Crippen molar-refractivity contribution in [3.63, 3.8) is 0 Å². The van der Waals surface area contributed by atoms with Gasteiger partial charge in [-0.1, -0.05) is 43.3 Å². The molecule has 2 unspecified atom stereocenters. The number of amides is 1. The van der Waals surface area contributed by atoms with Gasteiger partial charge in [0.2, 0.25) is 0 Å². The van der Waals surface area contributed by atoms with Crippen LogP contribution in [0.15, 0.2) is 43.0 Å². The number of carbonyl (C=O) groups excluding carboxylic acids is 2. The molecule has 1 amide bonds. The number of ether oxygens (including phenoxy) is 2. The normalized spacial score (nSPS) is 12.9. The summed E-state index contributed by atoms with van der Waals surface area (Å²) in [6, 6.07) is 9.36. The molecule has 0 aliphatic heterocycles. The third-order valence-corrected chi connectivity index (χ3v) is 3.19. The predicted molar refractivity (Wildman–Crippen MR) is 79.5 cm³/mol. The van der Waals surface area contributed by atoms with Gasteiger partial charge in [-0.2, -0.15) is 0 Å². The number of hydrogen-bond donors (Lipinski definition) is 1. The van der Waals surface area contributed by atoms with Crippen LogP contribution in [0.5, 0.6) is 0 Å². The van der Waals surface area contributed by atoms with E-state index in [2.05, 4.69) is 11.9 Å². The van der Waals surface area contributed by atoms with Crippen LogP contribution in [0, 0.1) is 11.8 Å². The summed E-state index contributed by atoms with van der Waals surface area (Å²) in [6.07, 6.45) is 1.09. The Morgan fingerprint density at radius 2 is 2.00 bits per heavy atom. The Labute approximate surface area is 124 Å². The number of benzene rings is 1. The molecule has 2 atom stereocenters. The van der Waals surface area contributed by atoms with E-state index in [9.17, 15) is 9.59 Å². The fraction of sp³-hybridized carbons (Fsp3) is 0.375. The van der Waals surface area contributed by atoms with Crippen molar-refractivity contribution in [1.82, 2.24) is 5.32 Å². The average molecular weight is 291 g/mol. The highest BCUT2D eigenvalue weighted by Gasteiger charge is 2.24. The highest BCUT2D eigenvalue weighted by molar-refractivity contribution is 5.74. The number of hydrogen-bond acceptors (Lipinski definition) is 4. The van der Waals surface area contributed by atoms with Gasteiger partial charge in [0, 0.05) is 6.54 Å². The Hall–Kier alpha value is -2.30. The van der Waals surface area contributed by atoms with E-state index < -0.39 is 12.0 Å². The fourth-order valence-electron chi connectivity index (χ4n) is 1.77. The van der Waals surface area contributed by atoms with Gasteiger partial charge >= 0.3 is 12.1 Å². The standard InChI is InChI=1S/C16H21NO4/c1-4-12(2)14(15(18)20-3)10-17-16(19)21-11-13-8-6-5-7-9-13/h4-9,12,14H,1,10-11H2,2-3H3,(H,17,19). The molecular formula is C16H21NO4. The van der Waals surface area contributed by atoms with Crippen LogP contribution in [0.3, 0.4) is 0 Å². The first-order valence-electron chi connectivity index (χ1n) is 6.73. The lowest BCUT2D eigenvalue weighted by Gasteiger charge is -2.19. The molecule has 0 radical (unpaired) electrons. The van der Waals surface area contributed by atoms with Crippen LogP contribution in [0.2, 0.25) is 0 Å². The van der Waals surface area contributed by atoms with Crippen molar-refractivity contribution in [3.8, 4) is 0 Å². The molecule has 0 aromatic heterocycles. The third-order valence-electron chi connectivity index (χ3n) is 3.19. The number of alkyl carbamates (subject to hydrolysis) is 1. The van der Waals surface area contributed by atoms with E-state index in [-0.39, 0.29) is 25.0 Å². The molecule has 5 nitrogen and oxygen atoms in total. The Kier molecular flexibility index (Phi) is 7.01. The number of nitrogens with one attached hydrogen (secondary N) is 1. The van der Waals surface area contributed by atoms with Crippen molar-refractivity contribution in [1.29, 1.82) is 0 Å². The molecule has 0 spiro atoms. The largest absolute Gasteiger partial charge is 0.469 e. The maximum absolute atomic E-state index is 11.6. The zero-order chi connectivity index (χ0) is 15.7. The minimum Gasteiger partial charge on any atom is -0.469 e. The number of esters is 1. The Bertz CT molecular complexity index is 472. The topological polar surface area (TPSA) is 64.6 Å². The molecule has 0 aliphatic rings. The number of methoxy groups -OCH3 is 1. The number of allylic oxidation sites excluding steroid dienone is 1. The van der Waals surface area contributed by atoms with Crippen LogP contribution in [-0.4, -0.2) is 25.7 Å². The summed E-state index contributed by atoms with van der Waals surface area (Å²) in [4.78, 5) is 23.3. The highest BCUT2D eigenvalue weighted by Crippen LogP contribution is 2.13. The first kappa shape index (κ1) is 16.8. The molecular weight excluding hydrogens is 270 g/mol. The van der Waals surface area contributed by atoms with Crippen molar-refractivity contribution < 1.29 is 19.1 Å². The van der Waals surface area contributed by atoms with E-state index in [1.54, 1.807) is 6.08 Å². The van der Waals surface area contributed by atoms with Crippen molar-refractivity contribution in [2.75, 3.05) is 13.7 Å². The second kappa shape index (κ2) is 8.79. The summed E-state index contributed by atoms with van der Waals surface area (Å²) in [7, 11) is 1.32. The minimum atomic E-state index is -0.566. The van der Waals surface area contributed by atoms with Gasteiger partial charge in [0.25, 0.3) is 0 Å². The molecule has 5 heteroatoms. The quantitative estimate of drug-likeness (QED) is 0.619. The zero-order valence-electron chi connectivity index (χ0n) is 12.4. The van der Waals surface area contributed by atoms with E-state index in [1.165, 1.54) is 7.11 Å². The summed E-state index contributed by atoms with van der Waals surface area (Å²) in [6.45, 7) is 5.82. The van der Waals surface area contributed by atoms with E-state index in [4.69, 9.17) is 9.47 Å². The van der Waals surface area contributed by atoms with E-state index in [1.807, 2.05) is 37.3 Å². The zero-order valence-corrected chi connectivity index (χ0v) is 12.4. The van der Waals surface area contributed by atoms with E-state index >= 15 is 0 Å². The van der Waals surface area contributed by atoms with Crippen molar-refractivity contribution in [2.45, 2.75) is 13.5 Å². The first-order chi connectivity index (χ1) is 10.1. The van der Waals surface area contributed by atoms with Crippen molar-refractivity contribution >= 4 is 12.1 Å².